The van der Waals surface area contributed by atoms with Crippen LogP contribution in [0.4, 0.5) is 0 Å². The van der Waals surface area contributed by atoms with E-state index in [1.807, 2.05) is 18.2 Å². The second-order valence-corrected chi connectivity index (χ2v) is 2.00. The van der Waals surface area contributed by atoms with Crippen LogP contribution in [-0.2, 0) is 4.79 Å². The second kappa shape index (κ2) is 6.79. The SMILES string of the molecule is C=CC(=O)O.C=Cc1ccccn1. The molecule has 0 aliphatic heterocycles. The Kier molecular flexibility index (Phi) is 5.80. The van der Waals surface area contributed by atoms with E-state index < -0.39 is 5.97 Å². The van der Waals surface area contributed by atoms with Crippen LogP contribution in [0.15, 0.2) is 43.6 Å². The molecule has 0 aromatic carbocycles. The topological polar surface area (TPSA) is 50.2 Å². The molecule has 1 aromatic rings. The van der Waals surface area contributed by atoms with Gasteiger partial charge in [0.2, 0.25) is 0 Å². The van der Waals surface area contributed by atoms with Gasteiger partial charge in [0.15, 0.2) is 0 Å². The van der Waals surface area contributed by atoms with Crippen LogP contribution < -0.4 is 0 Å². The van der Waals surface area contributed by atoms with Gasteiger partial charge in [-0.05, 0) is 18.2 Å². The lowest BCUT2D eigenvalue weighted by Gasteiger charge is -1.84. The van der Waals surface area contributed by atoms with Crippen molar-refractivity contribution in [1.82, 2.24) is 4.98 Å². The Morgan fingerprint density at radius 2 is 2.08 bits per heavy atom. The molecule has 3 heteroatoms. The van der Waals surface area contributed by atoms with Crippen LogP contribution in [0.25, 0.3) is 6.08 Å². The molecule has 0 saturated carbocycles. The number of carbonyl (C=O) groups is 1. The van der Waals surface area contributed by atoms with Crippen LogP contribution in [0.5, 0.6) is 0 Å². The summed E-state index contributed by atoms with van der Waals surface area (Å²) in [5.41, 5.74) is 0.924. The Balaban J connectivity index is 0.000000252. The predicted octanol–water partition coefficient (Wildman–Crippen LogP) is 1.98. The number of hydrogen-bond donors (Lipinski definition) is 1. The van der Waals surface area contributed by atoms with Gasteiger partial charge >= 0.3 is 5.97 Å². The van der Waals surface area contributed by atoms with Crippen LogP contribution in [0.1, 0.15) is 5.69 Å². The summed E-state index contributed by atoms with van der Waals surface area (Å²) in [5.74, 6) is -0.981. The highest BCUT2D eigenvalue weighted by Gasteiger charge is 1.77. The Morgan fingerprint density at radius 1 is 1.46 bits per heavy atom. The van der Waals surface area contributed by atoms with E-state index in [0.29, 0.717) is 0 Å². The van der Waals surface area contributed by atoms with Gasteiger partial charge in [-0.3, -0.25) is 4.98 Å². The summed E-state index contributed by atoms with van der Waals surface area (Å²) < 4.78 is 0. The van der Waals surface area contributed by atoms with Crippen molar-refractivity contribution in [1.29, 1.82) is 0 Å². The molecule has 0 bridgehead atoms. The molecule has 1 aromatic heterocycles. The number of hydrogen-bond acceptors (Lipinski definition) is 2. The fourth-order valence-corrected chi connectivity index (χ4v) is 0.497. The number of carboxylic acid groups (broad SMARTS) is 1. The van der Waals surface area contributed by atoms with Crippen molar-refractivity contribution in [3.8, 4) is 0 Å². The summed E-state index contributed by atoms with van der Waals surface area (Å²) in [6.07, 6.45) is 4.30. The van der Waals surface area contributed by atoms with Crippen LogP contribution in [0.3, 0.4) is 0 Å². The minimum absolute atomic E-state index is 0.833. The lowest BCUT2D eigenvalue weighted by molar-refractivity contribution is -0.131. The first-order valence-corrected chi connectivity index (χ1v) is 3.59. The number of carboxylic acids is 1. The molecule has 68 valence electrons. The Bertz CT molecular complexity index is 280. The molecule has 3 nitrogen and oxygen atoms in total. The average molecular weight is 177 g/mol. The minimum atomic E-state index is -0.981. The van der Waals surface area contributed by atoms with Crippen molar-refractivity contribution in [3.63, 3.8) is 0 Å². The zero-order chi connectivity index (χ0) is 10.1. The molecule has 0 saturated heterocycles. The first-order valence-electron chi connectivity index (χ1n) is 3.59. The summed E-state index contributed by atoms with van der Waals surface area (Å²) in [7, 11) is 0. The largest absolute Gasteiger partial charge is 0.478 e. The van der Waals surface area contributed by atoms with Crippen LogP contribution >= 0.6 is 0 Å². The quantitative estimate of drug-likeness (QED) is 0.703. The zero-order valence-corrected chi connectivity index (χ0v) is 7.18. The molecule has 0 radical (unpaired) electrons. The van der Waals surface area contributed by atoms with Gasteiger partial charge < -0.3 is 5.11 Å². The number of aliphatic carboxylic acids is 1. The third-order valence-corrected chi connectivity index (χ3v) is 1.07. The minimum Gasteiger partial charge on any atom is -0.478 e. The van der Waals surface area contributed by atoms with Gasteiger partial charge in [0.1, 0.15) is 0 Å². The summed E-state index contributed by atoms with van der Waals surface area (Å²) in [4.78, 5) is 13.2. The third-order valence-electron chi connectivity index (χ3n) is 1.07. The lowest BCUT2D eigenvalue weighted by atomic mass is 10.4. The second-order valence-electron chi connectivity index (χ2n) is 2.00. The molecular weight excluding hydrogens is 166 g/mol. The molecular formula is C10H11NO2. The molecule has 0 aliphatic rings. The van der Waals surface area contributed by atoms with Crippen molar-refractivity contribution in [3.05, 3.63) is 49.3 Å². The van der Waals surface area contributed by atoms with Crippen molar-refractivity contribution in [2.45, 2.75) is 0 Å². The van der Waals surface area contributed by atoms with E-state index in [1.54, 1.807) is 12.3 Å². The van der Waals surface area contributed by atoms with Crippen LogP contribution in [0, 0.1) is 0 Å². The van der Waals surface area contributed by atoms with E-state index in [2.05, 4.69) is 18.1 Å². The highest BCUT2D eigenvalue weighted by molar-refractivity contribution is 5.78. The maximum atomic E-state index is 9.25. The van der Waals surface area contributed by atoms with E-state index in [9.17, 15) is 4.79 Å². The van der Waals surface area contributed by atoms with E-state index in [-0.39, 0.29) is 0 Å². The number of nitrogens with zero attached hydrogens (tertiary/aromatic N) is 1. The normalized spacial score (nSPS) is 7.69. The number of aromatic nitrogens is 1. The van der Waals surface area contributed by atoms with Gasteiger partial charge in [-0.25, -0.2) is 4.79 Å². The number of pyridine rings is 1. The van der Waals surface area contributed by atoms with Gasteiger partial charge in [0, 0.05) is 12.3 Å². The van der Waals surface area contributed by atoms with Gasteiger partial charge in [0.25, 0.3) is 0 Å². The maximum Gasteiger partial charge on any atom is 0.327 e. The standard InChI is InChI=1S/C7H7N.C3H4O2/c1-2-7-5-3-4-6-8-7;1-2-3(4)5/h2-6H,1H2;2H,1H2,(H,4,5). The predicted molar refractivity (Wildman–Crippen MR) is 52.2 cm³/mol. The maximum absolute atomic E-state index is 9.25. The van der Waals surface area contributed by atoms with Crippen molar-refractivity contribution in [2.75, 3.05) is 0 Å². The van der Waals surface area contributed by atoms with Crippen LogP contribution in [0.2, 0.25) is 0 Å². The highest BCUT2D eigenvalue weighted by atomic mass is 16.4. The first-order chi connectivity index (χ1) is 6.20. The molecule has 0 fully saturated rings. The van der Waals surface area contributed by atoms with Crippen molar-refractivity contribution >= 4 is 12.0 Å². The monoisotopic (exact) mass is 177 g/mol. The van der Waals surface area contributed by atoms with Crippen molar-refractivity contribution in [2.24, 2.45) is 0 Å². The van der Waals surface area contributed by atoms with Gasteiger partial charge in [-0.1, -0.05) is 19.2 Å². The van der Waals surface area contributed by atoms with Crippen molar-refractivity contribution < 1.29 is 9.90 Å². The van der Waals surface area contributed by atoms with Gasteiger partial charge in [-0.15, -0.1) is 0 Å². The summed E-state index contributed by atoms with van der Waals surface area (Å²) in [6, 6.07) is 5.73. The molecule has 13 heavy (non-hydrogen) atoms. The average Bonchev–Trinajstić information content (AvgIpc) is 2.20. The highest BCUT2D eigenvalue weighted by Crippen LogP contribution is 1.91. The molecule has 0 atom stereocenters. The molecule has 0 spiro atoms. The number of rotatable bonds is 2. The first kappa shape index (κ1) is 11.1. The summed E-state index contributed by atoms with van der Waals surface area (Å²) in [6.45, 7) is 6.53. The van der Waals surface area contributed by atoms with E-state index in [0.717, 1.165) is 11.8 Å². The van der Waals surface area contributed by atoms with Crippen LogP contribution in [-0.4, -0.2) is 16.1 Å². The molecule has 0 amide bonds. The lowest BCUT2D eigenvalue weighted by Crippen LogP contribution is -1.82. The van der Waals surface area contributed by atoms with E-state index >= 15 is 0 Å². The Morgan fingerprint density at radius 3 is 2.31 bits per heavy atom. The summed E-state index contributed by atoms with van der Waals surface area (Å²) in [5, 5.41) is 7.60. The Hall–Kier alpha value is -1.90. The van der Waals surface area contributed by atoms with Gasteiger partial charge in [-0.2, -0.15) is 0 Å². The zero-order valence-electron chi connectivity index (χ0n) is 7.18. The molecule has 1 rings (SSSR count). The fraction of sp³-hybridized carbons (Fsp3) is 0. The van der Waals surface area contributed by atoms with Gasteiger partial charge in [0.05, 0.1) is 5.69 Å². The molecule has 1 N–H and O–H groups in total. The summed E-state index contributed by atoms with van der Waals surface area (Å²) >= 11 is 0. The fourth-order valence-electron chi connectivity index (χ4n) is 0.497. The molecule has 0 aliphatic carbocycles. The molecule has 1 heterocycles. The molecule has 0 unspecified atom stereocenters. The van der Waals surface area contributed by atoms with E-state index in [1.165, 1.54) is 0 Å². The third kappa shape index (κ3) is 6.50. The van der Waals surface area contributed by atoms with E-state index in [4.69, 9.17) is 5.11 Å². The smallest absolute Gasteiger partial charge is 0.327 e. The Labute approximate surface area is 77.1 Å².